The average molecular weight is 337 g/mol. The van der Waals surface area contributed by atoms with Gasteiger partial charge in [0.05, 0.1) is 17.4 Å². The van der Waals surface area contributed by atoms with Crippen molar-refractivity contribution >= 4 is 17.3 Å². The summed E-state index contributed by atoms with van der Waals surface area (Å²) in [6.07, 6.45) is -2.79. The van der Waals surface area contributed by atoms with Gasteiger partial charge < -0.3 is 10.2 Å². The van der Waals surface area contributed by atoms with Gasteiger partial charge in [-0.2, -0.15) is 13.2 Å². The maximum atomic E-state index is 12.5. The van der Waals surface area contributed by atoms with Crippen LogP contribution >= 0.6 is 0 Å². The number of aromatic nitrogens is 1. The maximum Gasteiger partial charge on any atom is 0.416 e. The van der Waals surface area contributed by atoms with Crippen molar-refractivity contribution in [2.24, 2.45) is 0 Å². The summed E-state index contributed by atoms with van der Waals surface area (Å²) in [6.45, 7) is 5.70. The molecule has 1 heterocycles. The van der Waals surface area contributed by atoms with Crippen LogP contribution in [0.25, 0.3) is 0 Å². The van der Waals surface area contributed by atoms with E-state index in [0.717, 1.165) is 30.9 Å². The zero-order chi connectivity index (χ0) is 17.7. The molecule has 128 valence electrons. The smallest absolute Gasteiger partial charge is 0.371 e. The molecule has 2 aromatic rings. The van der Waals surface area contributed by atoms with Crippen molar-refractivity contribution in [1.82, 2.24) is 4.98 Å². The fourth-order valence-corrected chi connectivity index (χ4v) is 2.23. The van der Waals surface area contributed by atoms with Gasteiger partial charge in [0.2, 0.25) is 0 Å². The van der Waals surface area contributed by atoms with Gasteiger partial charge in [-0.15, -0.1) is 0 Å². The van der Waals surface area contributed by atoms with Crippen molar-refractivity contribution in [3.63, 3.8) is 0 Å². The number of halogens is 3. The normalized spacial score (nSPS) is 11.2. The molecular formula is C17H18F3N3O. The highest BCUT2D eigenvalue weighted by atomic mass is 19.4. The van der Waals surface area contributed by atoms with E-state index in [1.54, 1.807) is 18.3 Å². The van der Waals surface area contributed by atoms with Gasteiger partial charge in [0.25, 0.3) is 5.91 Å². The lowest BCUT2D eigenvalue weighted by Gasteiger charge is -2.20. The largest absolute Gasteiger partial charge is 0.416 e. The molecule has 1 aromatic carbocycles. The Morgan fingerprint density at radius 1 is 1.08 bits per heavy atom. The van der Waals surface area contributed by atoms with Crippen LogP contribution in [0.1, 0.15) is 29.9 Å². The summed E-state index contributed by atoms with van der Waals surface area (Å²) >= 11 is 0. The van der Waals surface area contributed by atoms with E-state index in [9.17, 15) is 18.0 Å². The molecule has 0 aliphatic rings. The van der Waals surface area contributed by atoms with Gasteiger partial charge in [-0.25, -0.2) is 4.98 Å². The van der Waals surface area contributed by atoms with Gasteiger partial charge in [0.1, 0.15) is 5.69 Å². The van der Waals surface area contributed by atoms with Crippen LogP contribution in [0.15, 0.2) is 42.6 Å². The first-order chi connectivity index (χ1) is 11.3. The molecule has 24 heavy (non-hydrogen) atoms. The molecule has 0 unspecified atom stereocenters. The lowest BCUT2D eigenvalue weighted by Crippen LogP contribution is -2.22. The van der Waals surface area contributed by atoms with Gasteiger partial charge in [-0.3, -0.25) is 4.79 Å². The molecule has 0 aliphatic heterocycles. The standard InChI is InChI=1S/C17H18F3N3O/c1-3-23(4-2)14-9-10-15(21-11-14)16(24)22-13-7-5-12(6-8-13)17(18,19)20/h5-11H,3-4H2,1-2H3,(H,22,24). The van der Waals surface area contributed by atoms with Gasteiger partial charge >= 0.3 is 6.18 Å². The summed E-state index contributed by atoms with van der Waals surface area (Å²) < 4.78 is 37.5. The molecule has 0 saturated heterocycles. The van der Waals surface area contributed by atoms with E-state index in [1.807, 2.05) is 13.8 Å². The molecule has 0 atom stereocenters. The third-order valence-corrected chi connectivity index (χ3v) is 3.58. The molecule has 0 fully saturated rings. The van der Waals surface area contributed by atoms with Crippen LogP contribution in [-0.4, -0.2) is 24.0 Å². The Hall–Kier alpha value is -2.57. The Labute approximate surface area is 138 Å². The second-order valence-corrected chi connectivity index (χ2v) is 5.10. The number of rotatable bonds is 5. The summed E-state index contributed by atoms with van der Waals surface area (Å²) in [7, 11) is 0. The van der Waals surface area contributed by atoms with Crippen LogP contribution in [0.5, 0.6) is 0 Å². The highest BCUT2D eigenvalue weighted by Crippen LogP contribution is 2.29. The molecule has 0 spiro atoms. The molecule has 2 rings (SSSR count). The molecule has 7 heteroatoms. The molecule has 0 saturated carbocycles. The summed E-state index contributed by atoms with van der Waals surface area (Å²) in [6, 6.07) is 7.66. The minimum absolute atomic E-state index is 0.200. The van der Waals surface area contributed by atoms with Crippen molar-refractivity contribution in [3.05, 3.63) is 53.9 Å². The minimum Gasteiger partial charge on any atom is -0.371 e. The second kappa shape index (κ2) is 7.33. The van der Waals surface area contributed by atoms with Crippen LogP contribution in [0.3, 0.4) is 0 Å². The topological polar surface area (TPSA) is 45.2 Å². The van der Waals surface area contributed by atoms with Gasteiger partial charge in [-0.05, 0) is 50.2 Å². The van der Waals surface area contributed by atoms with E-state index in [-0.39, 0.29) is 11.4 Å². The van der Waals surface area contributed by atoms with E-state index < -0.39 is 17.6 Å². The van der Waals surface area contributed by atoms with Gasteiger partial charge in [0, 0.05) is 18.8 Å². The Kier molecular flexibility index (Phi) is 5.43. The van der Waals surface area contributed by atoms with Crippen molar-refractivity contribution in [3.8, 4) is 0 Å². The molecular weight excluding hydrogens is 319 g/mol. The van der Waals surface area contributed by atoms with Gasteiger partial charge in [-0.1, -0.05) is 0 Å². The number of benzene rings is 1. The number of nitrogens with zero attached hydrogens (tertiary/aromatic N) is 2. The van der Waals surface area contributed by atoms with E-state index in [0.29, 0.717) is 0 Å². The molecule has 0 radical (unpaired) electrons. The van der Waals surface area contributed by atoms with E-state index in [4.69, 9.17) is 0 Å². The number of anilines is 2. The number of pyridine rings is 1. The molecule has 1 amide bonds. The first kappa shape index (κ1) is 17.8. The number of hydrogen-bond donors (Lipinski definition) is 1. The number of alkyl halides is 3. The van der Waals surface area contributed by atoms with Gasteiger partial charge in [0.15, 0.2) is 0 Å². The summed E-state index contributed by atoms with van der Waals surface area (Å²) in [5.74, 6) is -0.471. The predicted molar refractivity (Wildman–Crippen MR) is 87.2 cm³/mol. The number of carbonyl (C=O) groups excluding carboxylic acids is 1. The van der Waals surface area contributed by atoms with Crippen LogP contribution < -0.4 is 10.2 Å². The lowest BCUT2D eigenvalue weighted by molar-refractivity contribution is -0.137. The zero-order valence-corrected chi connectivity index (χ0v) is 13.4. The van der Waals surface area contributed by atoms with E-state index >= 15 is 0 Å². The number of nitrogens with one attached hydrogen (secondary N) is 1. The lowest BCUT2D eigenvalue weighted by atomic mass is 10.2. The Balaban J connectivity index is 2.07. The molecule has 1 N–H and O–H groups in total. The second-order valence-electron chi connectivity index (χ2n) is 5.10. The Morgan fingerprint density at radius 2 is 1.71 bits per heavy atom. The van der Waals surface area contributed by atoms with E-state index in [2.05, 4.69) is 15.2 Å². The van der Waals surface area contributed by atoms with Crippen molar-refractivity contribution in [2.75, 3.05) is 23.3 Å². The molecule has 4 nitrogen and oxygen atoms in total. The predicted octanol–water partition coefficient (Wildman–Crippen LogP) is 4.20. The van der Waals surface area contributed by atoms with Crippen LogP contribution in [0.4, 0.5) is 24.5 Å². The van der Waals surface area contributed by atoms with Crippen LogP contribution in [0.2, 0.25) is 0 Å². The van der Waals surface area contributed by atoms with Crippen molar-refractivity contribution < 1.29 is 18.0 Å². The highest BCUT2D eigenvalue weighted by molar-refractivity contribution is 6.02. The minimum atomic E-state index is -4.40. The molecule has 1 aromatic heterocycles. The van der Waals surface area contributed by atoms with Crippen molar-refractivity contribution in [2.45, 2.75) is 20.0 Å². The van der Waals surface area contributed by atoms with Crippen LogP contribution in [-0.2, 0) is 6.18 Å². The quantitative estimate of drug-likeness (QED) is 0.889. The Morgan fingerprint density at radius 3 is 2.17 bits per heavy atom. The summed E-state index contributed by atoms with van der Waals surface area (Å²) in [4.78, 5) is 18.3. The average Bonchev–Trinajstić information content (AvgIpc) is 2.56. The summed E-state index contributed by atoms with van der Waals surface area (Å²) in [5, 5.41) is 2.53. The Bertz CT molecular complexity index is 678. The first-order valence-electron chi connectivity index (χ1n) is 7.54. The molecule has 0 aliphatic carbocycles. The van der Waals surface area contributed by atoms with Crippen molar-refractivity contribution in [1.29, 1.82) is 0 Å². The number of amides is 1. The maximum absolute atomic E-state index is 12.5. The van der Waals surface area contributed by atoms with E-state index in [1.165, 1.54) is 12.1 Å². The number of hydrogen-bond acceptors (Lipinski definition) is 3. The fraction of sp³-hybridized carbons (Fsp3) is 0.294. The third-order valence-electron chi connectivity index (χ3n) is 3.58. The SMILES string of the molecule is CCN(CC)c1ccc(C(=O)Nc2ccc(C(F)(F)F)cc2)nc1. The summed E-state index contributed by atoms with van der Waals surface area (Å²) in [5.41, 5.74) is 0.627. The third kappa shape index (κ3) is 4.24. The first-order valence-corrected chi connectivity index (χ1v) is 7.54. The number of carbonyl (C=O) groups is 1. The van der Waals surface area contributed by atoms with Crippen LogP contribution in [0, 0.1) is 0 Å². The fourth-order valence-electron chi connectivity index (χ4n) is 2.23. The zero-order valence-electron chi connectivity index (χ0n) is 13.4. The monoisotopic (exact) mass is 337 g/mol. The molecule has 0 bridgehead atoms. The highest BCUT2D eigenvalue weighted by Gasteiger charge is 2.30.